The van der Waals surface area contributed by atoms with E-state index < -0.39 is 0 Å². The van der Waals surface area contributed by atoms with Crippen LogP contribution >= 0.6 is 11.6 Å². The molecule has 3 aliphatic rings. The molecule has 0 bridgehead atoms. The van der Waals surface area contributed by atoms with Gasteiger partial charge in [0.2, 0.25) is 6.79 Å². The van der Waals surface area contributed by atoms with Gasteiger partial charge >= 0.3 is 0 Å². The van der Waals surface area contributed by atoms with Gasteiger partial charge in [0.25, 0.3) is 11.8 Å². The van der Waals surface area contributed by atoms with Gasteiger partial charge in [-0.1, -0.05) is 24.4 Å². The van der Waals surface area contributed by atoms with Crippen molar-refractivity contribution >= 4 is 23.4 Å². The minimum Gasteiger partial charge on any atom is -0.493 e. The molecule has 5 rings (SSSR count). The van der Waals surface area contributed by atoms with E-state index in [4.69, 9.17) is 25.8 Å². The van der Waals surface area contributed by atoms with Gasteiger partial charge in [0.1, 0.15) is 5.75 Å². The maximum atomic E-state index is 13.1. The maximum absolute atomic E-state index is 13.1. The van der Waals surface area contributed by atoms with E-state index >= 15 is 0 Å². The minimum absolute atomic E-state index is 0.00561. The Kier molecular flexibility index (Phi) is 6.55. The largest absolute Gasteiger partial charge is 0.493 e. The van der Waals surface area contributed by atoms with Gasteiger partial charge in [-0.2, -0.15) is 0 Å². The molecule has 0 atom stereocenters. The highest BCUT2D eigenvalue weighted by atomic mass is 35.5. The van der Waals surface area contributed by atoms with Crippen LogP contribution in [0.15, 0.2) is 36.4 Å². The molecule has 2 aromatic rings. The average molecular weight is 485 g/mol. The fourth-order valence-corrected chi connectivity index (χ4v) is 5.21. The molecule has 1 spiro atoms. The quantitative estimate of drug-likeness (QED) is 0.636. The summed E-state index contributed by atoms with van der Waals surface area (Å²) in [4.78, 5) is 28.1. The number of hydrogen-bond donors (Lipinski definition) is 1. The number of fused-ring (bicyclic) bond motifs is 2. The molecule has 34 heavy (non-hydrogen) atoms. The molecule has 1 N–H and O–H groups in total. The zero-order valence-electron chi connectivity index (χ0n) is 19.1. The van der Waals surface area contributed by atoms with Crippen LogP contribution in [0.1, 0.15) is 59.2 Å². The lowest BCUT2D eigenvalue weighted by Crippen LogP contribution is -2.48. The van der Waals surface area contributed by atoms with Gasteiger partial charge in [-0.05, 0) is 67.5 Å². The molecule has 1 saturated heterocycles. The number of benzene rings is 2. The van der Waals surface area contributed by atoms with E-state index in [-0.39, 0.29) is 24.0 Å². The van der Waals surface area contributed by atoms with Crippen LogP contribution in [0.25, 0.3) is 0 Å². The van der Waals surface area contributed by atoms with E-state index in [2.05, 4.69) is 5.32 Å². The zero-order valence-corrected chi connectivity index (χ0v) is 19.9. The van der Waals surface area contributed by atoms with Crippen molar-refractivity contribution in [2.45, 2.75) is 38.5 Å². The van der Waals surface area contributed by atoms with Crippen molar-refractivity contribution in [2.75, 3.05) is 33.0 Å². The first-order valence-electron chi connectivity index (χ1n) is 11.9. The molecule has 3 aliphatic heterocycles. The van der Waals surface area contributed by atoms with Crippen LogP contribution in [0.3, 0.4) is 0 Å². The van der Waals surface area contributed by atoms with Crippen molar-refractivity contribution in [3.8, 4) is 17.2 Å². The summed E-state index contributed by atoms with van der Waals surface area (Å²) in [6, 6.07) is 10.5. The van der Waals surface area contributed by atoms with Crippen LogP contribution < -0.4 is 19.5 Å². The van der Waals surface area contributed by atoms with E-state index in [9.17, 15) is 9.59 Å². The van der Waals surface area contributed by atoms with E-state index in [1.54, 1.807) is 36.4 Å². The van der Waals surface area contributed by atoms with E-state index in [0.717, 1.165) is 38.5 Å². The lowest BCUT2D eigenvalue weighted by Gasteiger charge is -2.42. The molecular weight excluding hydrogens is 456 g/mol. The molecular formula is C26H29ClN2O5. The Bertz CT molecular complexity index is 1080. The standard InChI is InChI=1S/C26H29ClN2O5/c27-19-5-7-21-20(15-19)24(30)28-16-26(8-2-1-3-13-32-21)9-11-29(12-10-26)25(31)18-4-6-22-23(14-18)34-17-33-22/h4-7,14-15H,1-3,8-13,16-17H2,(H,28,30). The van der Waals surface area contributed by atoms with Gasteiger partial charge in [0, 0.05) is 30.2 Å². The fourth-order valence-electron chi connectivity index (χ4n) is 5.04. The fraction of sp³-hybridized carbons (Fsp3) is 0.462. The lowest BCUT2D eigenvalue weighted by molar-refractivity contribution is 0.0533. The summed E-state index contributed by atoms with van der Waals surface area (Å²) in [6.07, 6.45) is 5.79. The Morgan fingerprint density at radius 2 is 1.71 bits per heavy atom. The van der Waals surface area contributed by atoms with Gasteiger partial charge in [-0.3, -0.25) is 9.59 Å². The number of halogens is 1. The summed E-state index contributed by atoms with van der Waals surface area (Å²) in [5, 5.41) is 3.65. The molecule has 0 unspecified atom stereocenters. The summed E-state index contributed by atoms with van der Waals surface area (Å²) >= 11 is 6.15. The molecule has 0 aromatic heterocycles. The summed E-state index contributed by atoms with van der Waals surface area (Å²) in [7, 11) is 0. The third-order valence-electron chi connectivity index (χ3n) is 7.15. The topological polar surface area (TPSA) is 77.1 Å². The van der Waals surface area contributed by atoms with Gasteiger partial charge in [0.15, 0.2) is 11.5 Å². The first-order chi connectivity index (χ1) is 16.5. The predicted molar refractivity (Wildman–Crippen MR) is 128 cm³/mol. The molecule has 0 saturated carbocycles. The second kappa shape index (κ2) is 9.74. The highest BCUT2D eigenvalue weighted by Crippen LogP contribution is 2.38. The Labute approximate surface area is 204 Å². The normalized spacial score (nSPS) is 19.9. The number of likely N-dealkylation sites (tertiary alicyclic amines) is 1. The summed E-state index contributed by atoms with van der Waals surface area (Å²) in [5.74, 6) is 1.69. The second-order valence-corrected chi connectivity index (χ2v) is 9.78. The summed E-state index contributed by atoms with van der Waals surface area (Å²) < 4.78 is 16.6. The predicted octanol–water partition coefficient (Wildman–Crippen LogP) is 4.67. The maximum Gasteiger partial charge on any atom is 0.255 e. The van der Waals surface area contributed by atoms with E-state index in [0.29, 0.717) is 59.6 Å². The molecule has 3 heterocycles. The molecule has 2 aromatic carbocycles. The molecule has 0 aliphatic carbocycles. The van der Waals surface area contributed by atoms with Crippen molar-refractivity contribution in [1.29, 1.82) is 0 Å². The van der Waals surface area contributed by atoms with Crippen LogP contribution in [0.5, 0.6) is 17.2 Å². The Balaban J connectivity index is 1.27. The smallest absolute Gasteiger partial charge is 0.255 e. The number of carbonyl (C=O) groups excluding carboxylic acids is 2. The van der Waals surface area contributed by atoms with Crippen LogP contribution in [-0.4, -0.2) is 49.7 Å². The van der Waals surface area contributed by atoms with Crippen LogP contribution in [0, 0.1) is 5.41 Å². The van der Waals surface area contributed by atoms with Gasteiger partial charge < -0.3 is 24.4 Å². The van der Waals surface area contributed by atoms with Gasteiger partial charge in [-0.15, -0.1) is 0 Å². The summed E-state index contributed by atoms with van der Waals surface area (Å²) in [5.41, 5.74) is 1.06. The Morgan fingerprint density at radius 3 is 2.56 bits per heavy atom. The number of hydrogen-bond acceptors (Lipinski definition) is 5. The van der Waals surface area contributed by atoms with Crippen molar-refractivity contribution < 1.29 is 23.8 Å². The third kappa shape index (κ3) is 4.80. The van der Waals surface area contributed by atoms with E-state index in [1.807, 2.05) is 4.90 Å². The van der Waals surface area contributed by atoms with Crippen molar-refractivity contribution in [1.82, 2.24) is 10.2 Å². The van der Waals surface area contributed by atoms with Crippen molar-refractivity contribution in [2.24, 2.45) is 5.41 Å². The first kappa shape index (κ1) is 22.8. The van der Waals surface area contributed by atoms with E-state index in [1.165, 1.54) is 0 Å². The number of rotatable bonds is 1. The lowest BCUT2D eigenvalue weighted by atomic mass is 9.74. The number of ether oxygens (including phenoxy) is 3. The Hall–Kier alpha value is -2.93. The molecule has 180 valence electrons. The number of carbonyl (C=O) groups is 2. The van der Waals surface area contributed by atoms with Crippen LogP contribution in [0.4, 0.5) is 0 Å². The Morgan fingerprint density at radius 1 is 0.912 bits per heavy atom. The number of nitrogens with zero attached hydrogens (tertiary/aromatic N) is 1. The first-order valence-corrected chi connectivity index (χ1v) is 12.3. The third-order valence-corrected chi connectivity index (χ3v) is 7.39. The molecule has 0 radical (unpaired) electrons. The highest BCUT2D eigenvalue weighted by Gasteiger charge is 2.36. The summed E-state index contributed by atoms with van der Waals surface area (Å²) in [6.45, 7) is 2.66. The minimum atomic E-state index is -0.170. The number of amides is 2. The molecule has 7 nitrogen and oxygen atoms in total. The molecule has 8 heteroatoms. The van der Waals surface area contributed by atoms with Crippen molar-refractivity contribution in [3.63, 3.8) is 0 Å². The van der Waals surface area contributed by atoms with Crippen LogP contribution in [-0.2, 0) is 0 Å². The highest BCUT2D eigenvalue weighted by molar-refractivity contribution is 6.31. The molecule has 1 fully saturated rings. The molecule has 2 amide bonds. The second-order valence-electron chi connectivity index (χ2n) is 9.34. The SMILES string of the molecule is O=C1NCC2(CCCCCOc3ccc(Cl)cc31)CCN(C(=O)c1ccc3c(c1)OCO3)CC2. The number of piperidine rings is 1. The van der Waals surface area contributed by atoms with Gasteiger partial charge in [0.05, 0.1) is 12.2 Å². The van der Waals surface area contributed by atoms with Crippen molar-refractivity contribution in [3.05, 3.63) is 52.5 Å². The number of nitrogens with one attached hydrogen (secondary N) is 1. The average Bonchev–Trinajstić information content (AvgIpc) is 3.33. The van der Waals surface area contributed by atoms with Gasteiger partial charge in [-0.25, -0.2) is 0 Å². The monoisotopic (exact) mass is 484 g/mol. The van der Waals surface area contributed by atoms with Crippen LogP contribution in [0.2, 0.25) is 5.02 Å². The zero-order chi connectivity index (χ0) is 23.5.